The van der Waals surface area contributed by atoms with E-state index in [4.69, 9.17) is 4.74 Å². The molecule has 0 bridgehead atoms. The van der Waals surface area contributed by atoms with Gasteiger partial charge in [0, 0.05) is 24.9 Å². The van der Waals surface area contributed by atoms with E-state index in [1.54, 1.807) is 31.4 Å². The van der Waals surface area contributed by atoms with Crippen molar-refractivity contribution in [3.8, 4) is 17.1 Å². The fourth-order valence-electron chi connectivity index (χ4n) is 2.54. The average Bonchev–Trinajstić information content (AvgIpc) is 2.72. The van der Waals surface area contributed by atoms with Gasteiger partial charge in [-0.25, -0.2) is 0 Å². The third kappa shape index (κ3) is 5.01. The first kappa shape index (κ1) is 18.3. The lowest BCUT2D eigenvalue weighted by Crippen LogP contribution is -2.25. The molecule has 0 radical (unpaired) electrons. The maximum Gasteiger partial charge on any atom is 0.273 e. The van der Waals surface area contributed by atoms with Gasteiger partial charge in [0.2, 0.25) is 5.91 Å². The second-order valence-corrected chi connectivity index (χ2v) is 5.94. The number of carbonyl (C=O) groups is 1. The third-order valence-electron chi connectivity index (χ3n) is 4.03. The van der Waals surface area contributed by atoms with Crippen LogP contribution in [-0.2, 0) is 17.8 Å². The van der Waals surface area contributed by atoms with Gasteiger partial charge in [0.1, 0.15) is 11.4 Å². The Hall–Kier alpha value is -3.48. The van der Waals surface area contributed by atoms with Gasteiger partial charge in [0.05, 0.1) is 7.11 Å². The Balaban J connectivity index is 1.59. The molecule has 0 aliphatic carbocycles. The highest BCUT2D eigenvalue weighted by molar-refractivity contribution is 5.76. The number of nitrogens with zero attached hydrogens (tertiary/aromatic N) is 2. The number of aromatic nitrogens is 3. The topological polar surface area (TPSA) is 97.0 Å². The van der Waals surface area contributed by atoms with E-state index in [-0.39, 0.29) is 30.0 Å². The zero-order valence-electron chi connectivity index (χ0n) is 14.9. The van der Waals surface area contributed by atoms with E-state index < -0.39 is 0 Å². The average molecular weight is 364 g/mol. The lowest BCUT2D eigenvalue weighted by Gasteiger charge is -2.06. The number of hydrogen-bond donors (Lipinski definition) is 2. The van der Waals surface area contributed by atoms with Gasteiger partial charge in [0.25, 0.3) is 5.56 Å². The van der Waals surface area contributed by atoms with E-state index in [1.807, 2.05) is 30.3 Å². The molecule has 0 aliphatic rings. The van der Waals surface area contributed by atoms with E-state index in [2.05, 4.69) is 20.5 Å². The summed E-state index contributed by atoms with van der Waals surface area (Å²) in [5, 5.41) is 10.9. The van der Waals surface area contributed by atoms with Crippen molar-refractivity contribution in [2.45, 2.75) is 19.4 Å². The number of methoxy groups -OCH3 is 1. The molecule has 0 spiro atoms. The summed E-state index contributed by atoms with van der Waals surface area (Å²) >= 11 is 0. The number of nitrogens with one attached hydrogen (secondary N) is 2. The van der Waals surface area contributed by atoms with Crippen molar-refractivity contribution in [3.05, 3.63) is 76.2 Å². The van der Waals surface area contributed by atoms with E-state index in [1.165, 1.54) is 0 Å². The fourth-order valence-corrected chi connectivity index (χ4v) is 2.54. The number of hydrogen-bond acceptors (Lipinski definition) is 5. The van der Waals surface area contributed by atoms with Gasteiger partial charge in [-0.1, -0.05) is 42.5 Å². The van der Waals surface area contributed by atoms with Crippen molar-refractivity contribution < 1.29 is 9.53 Å². The summed E-state index contributed by atoms with van der Waals surface area (Å²) < 4.78 is 5.17. The molecule has 3 rings (SSSR count). The van der Waals surface area contributed by atoms with E-state index in [0.29, 0.717) is 23.7 Å². The zero-order chi connectivity index (χ0) is 19.1. The van der Waals surface area contributed by atoms with Crippen LogP contribution in [0.3, 0.4) is 0 Å². The van der Waals surface area contributed by atoms with Crippen LogP contribution in [0.5, 0.6) is 5.75 Å². The van der Waals surface area contributed by atoms with Gasteiger partial charge < -0.3 is 15.0 Å². The lowest BCUT2D eigenvalue weighted by molar-refractivity contribution is -0.121. The van der Waals surface area contributed by atoms with Crippen LogP contribution in [0.4, 0.5) is 0 Å². The molecule has 0 saturated carbocycles. The quantitative estimate of drug-likeness (QED) is 0.669. The SMILES string of the molecule is COc1cccc(-c2nnc(CCC(=O)NCc3ccccc3)c(=O)[nH]2)c1. The molecule has 2 N–H and O–H groups in total. The number of amides is 1. The molecule has 0 fully saturated rings. The minimum Gasteiger partial charge on any atom is -0.497 e. The van der Waals surface area contributed by atoms with Crippen LogP contribution in [0.1, 0.15) is 17.7 Å². The molecule has 7 heteroatoms. The van der Waals surface area contributed by atoms with Crippen molar-refractivity contribution in [3.63, 3.8) is 0 Å². The maximum atomic E-state index is 12.2. The predicted octanol–water partition coefficient (Wildman–Crippen LogP) is 2.09. The number of benzene rings is 2. The molecule has 1 heterocycles. The Morgan fingerprint density at radius 3 is 2.67 bits per heavy atom. The van der Waals surface area contributed by atoms with Crippen molar-refractivity contribution in [1.82, 2.24) is 20.5 Å². The van der Waals surface area contributed by atoms with Crippen LogP contribution in [0.15, 0.2) is 59.4 Å². The van der Waals surface area contributed by atoms with Crippen molar-refractivity contribution >= 4 is 5.91 Å². The third-order valence-corrected chi connectivity index (χ3v) is 4.03. The van der Waals surface area contributed by atoms with Crippen molar-refractivity contribution in [2.75, 3.05) is 7.11 Å². The second kappa shape index (κ2) is 8.75. The Morgan fingerprint density at radius 2 is 1.93 bits per heavy atom. The Morgan fingerprint density at radius 1 is 1.11 bits per heavy atom. The molecular formula is C20H20N4O3. The fraction of sp³-hybridized carbons (Fsp3) is 0.200. The normalized spacial score (nSPS) is 10.4. The molecule has 1 amide bonds. The van der Waals surface area contributed by atoms with Gasteiger partial charge in [-0.2, -0.15) is 0 Å². The first-order chi connectivity index (χ1) is 13.2. The molecule has 2 aromatic carbocycles. The largest absolute Gasteiger partial charge is 0.497 e. The molecule has 0 unspecified atom stereocenters. The monoisotopic (exact) mass is 364 g/mol. The molecule has 0 aliphatic heterocycles. The van der Waals surface area contributed by atoms with Crippen molar-refractivity contribution in [2.24, 2.45) is 0 Å². The van der Waals surface area contributed by atoms with E-state index in [0.717, 1.165) is 5.56 Å². The number of aryl methyl sites for hydroxylation is 1. The van der Waals surface area contributed by atoms with Crippen LogP contribution in [0.25, 0.3) is 11.4 Å². The molecular weight excluding hydrogens is 344 g/mol. The Labute approximate surface area is 156 Å². The predicted molar refractivity (Wildman–Crippen MR) is 101 cm³/mol. The van der Waals surface area contributed by atoms with Crippen LogP contribution in [-0.4, -0.2) is 28.2 Å². The first-order valence-electron chi connectivity index (χ1n) is 8.56. The van der Waals surface area contributed by atoms with Crippen molar-refractivity contribution in [1.29, 1.82) is 0 Å². The highest BCUT2D eigenvalue weighted by Gasteiger charge is 2.10. The molecule has 27 heavy (non-hydrogen) atoms. The maximum absolute atomic E-state index is 12.2. The van der Waals surface area contributed by atoms with E-state index in [9.17, 15) is 9.59 Å². The molecule has 0 saturated heterocycles. The molecule has 138 valence electrons. The van der Waals surface area contributed by atoms with E-state index >= 15 is 0 Å². The van der Waals surface area contributed by atoms with Gasteiger partial charge in [-0.15, -0.1) is 10.2 Å². The first-order valence-corrected chi connectivity index (χ1v) is 8.56. The minimum absolute atomic E-state index is 0.142. The molecule has 0 atom stereocenters. The Kier molecular flexibility index (Phi) is 5.94. The number of aromatic amines is 1. The molecule has 1 aromatic heterocycles. The van der Waals surface area contributed by atoms with Gasteiger partial charge in [-0.05, 0) is 17.7 Å². The summed E-state index contributed by atoms with van der Waals surface area (Å²) in [6, 6.07) is 16.8. The zero-order valence-corrected chi connectivity index (χ0v) is 14.9. The van der Waals surface area contributed by atoms with Crippen LogP contribution in [0, 0.1) is 0 Å². The van der Waals surface area contributed by atoms with Gasteiger partial charge in [0.15, 0.2) is 5.82 Å². The number of rotatable bonds is 7. The second-order valence-electron chi connectivity index (χ2n) is 5.94. The minimum atomic E-state index is -0.348. The highest BCUT2D eigenvalue weighted by atomic mass is 16.5. The summed E-state index contributed by atoms with van der Waals surface area (Å²) in [6.07, 6.45) is 0.393. The number of carbonyl (C=O) groups excluding carboxylic acids is 1. The highest BCUT2D eigenvalue weighted by Crippen LogP contribution is 2.19. The smallest absolute Gasteiger partial charge is 0.273 e. The van der Waals surface area contributed by atoms with Crippen LogP contribution < -0.4 is 15.6 Å². The molecule has 3 aromatic rings. The number of ether oxygens (including phenoxy) is 1. The Bertz CT molecular complexity index is 970. The number of H-pyrrole nitrogens is 1. The molecule has 7 nitrogen and oxygen atoms in total. The van der Waals surface area contributed by atoms with Gasteiger partial charge >= 0.3 is 0 Å². The summed E-state index contributed by atoms with van der Waals surface area (Å²) in [5.74, 6) is 0.877. The summed E-state index contributed by atoms with van der Waals surface area (Å²) in [4.78, 5) is 26.9. The summed E-state index contributed by atoms with van der Waals surface area (Å²) in [5.41, 5.74) is 1.60. The van der Waals surface area contributed by atoms with Crippen LogP contribution in [0.2, 0.25) is 0 Å². The lowest BCUT2D eigenvalue weighted by atomic mass is 10.2. The standard InChI is InChI=1S/C20H20N4O3/c1-27-16-9-5-8-15(12-16)19-22-20(26)17(23-24-19)10-11-18(25)21-13-14-6-3-2-4-7-14/h2-9,12H,10-11,13H2,1H3,(H,21,25)(H,22,24,26). The summed E-state index contributed by atoms with van der Waals surface area (Å²) in [6.45, 7) is 0.455. The summed E-state index contributed by atoms with van der Waals surface area (Å²) in [7, 11) is 1.57. The van der Waals surface area contributed by atoms with Crippen LogP contribution >= 0.6 is 0 Å². The van der Waals surface area contributed by atoms with Gasteiger partial charge in [-0.3, -0.25) is 9.59 Å².